The normalized spacial score (nSPS) is 13.5. The number of hydrogen-bond acceptors (Lipinski definition) is 2. The second kappa shape index (κ2) is 6.45. The summed E-state index contributed by atoms with van der Waals surface area (Å²) in [6.45, 7) is 4.28. The number of rotatable bonds is 1. The van der Waals surface area contributed by atoms with Crippen molar-refractivity contribution in [2.24, 2.45) is 0 Å². The Balaban J connectivity index is 0.00000176. The van der Waals surface area contributed by atoms with E-state index in [4.69, 9.17) is 10.8 Å². The standard InChI is InChI=1S/C19H20N2.ClH/c1-3-13-8-9-14-10-11-17(20)15-6-4-5-7-16(15)19(21)18(14)12(13)2;/h4-9,20-21H,3,10-11H2,1-2H3;1H. The van der Waals surface area contributed by atoms with Crippen molar-refractivity contribution >= 4 is 23.8 Å². The zero-order valence-corrected chi connectivity index (χ0v) is 13.8. The van der Waals surface area contributed by atoms with Gasteiger partial charge in [0.15, 0.2) is 0 Å². The summed E-state index contributed by atoms with van der Waals surface area (Å²) in [5, 5.41) is 17.0. The summed E-state index contributed by atoms with van der Waals surface area (Å²) in [5.74, 6) is 0. The van der Waals surface area contributed by atoms with E-state index in [2.05, 4.69) is 26.0 Å². The van der Waals surface area contributed by atoms with E-state index in [1.54, 1.807) is 0 Å². The molecule has 0 fully saturated rings. The molecule has 0 atom stereocenters. The molecule has 2 nitrogen and oxygen atoms in total. The second-order valence-electron chi connectivity index (χ2n) is 5.64. The maximum atomic E-state index is 8.70. The average molecular weight is 313 g/mol. The maximum Gasteiger partial charge on any atom is 0.0696 e. The number of aryl methyl sites for hydroxylation is 2. The molecule has 2 N–H and O–H groups in total. The van der Waals surface area contributed by atoms with Crippen LogP contribution >= 0.6 is 12.4 Å². The van der Waals surface area contributed by atoms with Crippen LogP contribution in [0, 0.1) is 17.7 Å². The van der Waals surface area contributed by atoms with Crippen molar-refractivity contribution in [3.8, 4) is 0 Å². The Morgan fingerprint density at radius 2 is 1.64 bits per heavy atom. The Morgan fingerprint density at radius 1 is 0.955 bits per heavy atom. The predicted octanol–water partition coefficient (Wildman–Crippen LogP) is 4.71. The van der Waals surface area contributed by atoms with Gasteiger partial charge in [-0.2, -0.15) is 0 Å². The van der Waals surface area contributed by atoms with Gasteiger partial charge < -0.3 is 5.41 Å². The minimum Gasteiger partial charge on any atom is -0.305 e. The van der Waals surface area contributed by atoms with Crippen LogP contribution in [0.5, 0.6) is 0 Å². The second-order valence-corrected chi connectivity index (χ2v) is 5.64. The van der Waals surface area contributed by atoms with E-state index in [0.29, 0.717) is 11.4 Å². The van der Waals surface area contributed by atoms with Gasteiger partial charge in [-0.15, -0.1) is 12.4 Å². The first-order chi connectivity index (χ1) is 10.1. The molecule has 22 heavy (non-hydrogen) atoms. The van der Waals surface area contributed by atoms with Gasteiger partial charge in [-0.1, -0.05) is 43.3 Å². The van der Waals surface area contributed by atoms with Crippen LogP contribution in [0.25, 0.3) is 0 Å². The fourth-order valence-electron chi connectivity index (χ4n) is 3.24. The molecule has 3 heteroatoms. The fourth-order valence-corrected chi connectivity index (χ4v) is 3.24. The molecule has 114 valence electrons. The van der Waals surface area contributed by atoms with Gasteiger partial charge in [0.25, 0.3) is 0 Å². The van der Waals surface area contributed by atoms with Crippen molar-refractivity contribution in [3.05, 3.63) is 69.8 Å². The summed E-state index contributed by atoms with van der Waals surface area (Å²) in [5.41, 5.74) is 7.82. The van der Waals surface area contributed by atoms with Gasteiger partial charge in [0.2, 0.25) is 0 Å². The molecule has 0 spiro atoms. The van der Waals surface area contributed by atoms with Crippen LogP contribution in [-0.2, 0) is 12.8 Å². The van der Waals surface area contributed by atoms with E-state index in [1.807, 2.05) is 24.3 Å². The lowest BCUT2D eigenvalue weighted by molar-refractivity contribution is 1.00. The quantitative estimate of drug-likeness (QED) is 0.766. The third kappa shape index (κ3) is 2.59. The van der Waals surface area contributed by atoms with E-state index in [9.17, 15) is 0 Å². The summed E-state index contributed by atoms with van der Waals surface area (Å²) in [6, 6.07) is 12.2. The molecule has 0 saturated carbocycles. The molecule has 0 aromatic heterocycles. The summed E-state index contributed by atoms with van der Waals surface area (Å²) in [6.07, 6.45) is 2.57. The molecular weight excluding hydrogens is 292 g/mol. The first kappa shape index (κ1) is 16.4. The third-order valence-corrected chi connectivity index (χ3v) is 4.46. The maximum absolute atomic E-state index is 8.70. The molecule has 2 aromatic rings. The average Bonchev–Trinajstić information content (AvgIpc) is 2.51. The molecule has 1 aliphatic carbocycles. The van der Waals surface area contributed by atoms with Gasteiger partial charge in [-0.3, -0.25) is 5.41 Å². The van der Waals surface area contributed by atoms with E-state index in [1.165, 1.54) is 16.7 Å². The van der Waals surface area contributed by atoms with Gasteiger partial charge in [-0.25, -0.2) is 0 Å². The van der Waals surface area contributed by atoms with E-state index in [0.717, 1.165) is 36.0 Å². The highest BCUT2D eigenvalue weighted by Gasteiger charge is 2.21. The highest BCUT2D eigenvalue weighted by molar-refractivity contribution is 6.19. The van der Waals surface area contributed by atoms with E-state index in [-0.39, 0.29) is 12.4 Å². The van der Waals surface area contributed by atoms with E-state index >= 15 is 0 Å². The van der Waals surface area contributed by atoms with Gasteiger partial charge in [0.1, 0.15) is 0 Å². The van der Waals surface area contributed by atoms with Crippen molar-refractivity contribution in [2.45, 2.75) is 33.1 Å². The smallest absolute Gasteiger partial charge is 0.0696 e. The fraction of sp³-hybridized carbons (Fsp3) is 0.263. The highest BCUT2D eigenvalue weighted by Crippen LogP contribution is 2.28. The predicted molar refractivity (Wildman–Crippen MR) is 95.3 cm³/mol. The zero-order valence-electron chi connectivity index (χ0n) is 13.0. The SMILES string of the molecule is CCc1ccc2c(c1C)C(=N)c1ccccc1C(=N)CC2.Cl. The summed E-state index contributed by atoms with van der Waals surface area (Å²) in [4.78, 5) is 0. The molecule has 3 rings (SSSR count). The van der Waals surface area contributed by atoms with Crippen LogP contribution in [0.15, 0.2) is 36.4 Å². The Morgan fingerprint density at radius 3 is 2.32 bits per heavy atom. The lowest BCUT2D eigenvalue weighted by Crippen LogP contribution is -2.18. The minimum absolute atomic E-state index is 0. The molecular formula is C19H21ClN2. The number of fused-ring (bicyclic) bond motifs is 2. The summed E-state index contributed by atoms with van der Waals surface area (Å²) >= 11 is 0. The molecule has 1 aliphatic rings. The first-order valence-corrected chi connectivity index (χ1v) is 7.51. The Hall–Kier alpha value is -1.93. The third-order valence-electron chi connectivity index (χ3n) is 4.46. The molecule has 0 saturated heterocycles. The van der Waals surface area contributed by atoms with E-state index < -0.39 is 0 Å². The molecule has 0 heterocycles. The topological polar surface area (TPSA) is 47.7 Å². The molecule has 2 aromatic carbocycles. The Labute approximate surface area is 138 Å². The molecule has 0 unspecified atom stereocenters. The van der Waals surface area contributed by atoms with Crippen molar-refractivity contribution in [1.29, 1.82) is 10.8 Å². The number of benzene rings is 2. The van der Waals surface area contributed by atoms with Crippen molar-refractivity contribution in [3.63, 3.8) is 0 Å². The van der Waals surface area contributed by atoms with Crippen LogP contribution in [0.2, 0.25) is 0 Å². The zero-order chi connectivity index (χ0) is 15.0. The lowest BCUT2D eigenvalue weighted by Gasteiger charge is -2.22. The molecule has 0 aliphatic heterocycles. The molecule has 0 amide bonds. The van der Waals surface area contributed by atoms with Gasteiger partial charge in [0.05, 0.1) is 5.71 Å². The molecule has 0 radical (unpaired) electrons. The van der Waals surface area contributed by atoms with Gasteiger partial charge in [0, 0.05) is 22.4 Å². The number of nitrogens with one attached hydrogen (secondary N) is 2. The van der Waals surface area contributed by atoms with Crippen LogP contribution in [0.3, 0.4) is 0 Å². The van der Waals surface area contributed by atoms with Gasteiger partial charge >= 0.3 is 0 Å². The van der Waals surface area contributed by atoms with Gasteiger partial charge in [-0.05, 0) is 42.9 Å². The summed E-state index contributed by atoms with van der Waals surface area (Å²) in [7, 11) is 0. The first-order valence-electron chi connectivity index (χ1n) is 7.51. The van der Waals surface area contributed by atoms with Crippen LogP contribution in [-0.4, -0.2) is 11.4 Å². The van der Waals surface area contributed by atoms with Crippen LogP contribution in [0.1, 0.15) is 46.7 Å². The monoisotopic (exact) mass is 312 g/mol. The van der Waals surface area contributed by atoms with Crippen molar-refractivity contribution in [1.82, 2.24) is 0 Å². The highest BCUT2D eigenvalue weighted by atomic mass is 35.5. The summed E-state index contributed by atoms with van der Waals surface area (Å²) < 4.78 is 0. The number of hydrogen-bond donors (Lipinski definition) is 2. The van der Waals surface area contributed by atoms with Crippen molar-refractivity contribution < 1.29 is 0 Å². The number of halogens is 1. The Kier molecular flexibility index (Phi) is 4.82. The minimum atomic E-state index is 0. The van der Waals surface area contributed by atoms with Crippen LogP contribution in [0.4, 0.5) is 0 Å². The Bertz CT molecular complexity index is 747. The van der Waals surface area contributed by atoms with Crippen molar-refractivity contribution in [2.75, 3.05) is 0 Å². The molecule has 0 bridgehead atoms. The largest absolute Gasteiger partial charge is 0.305 e. The van der Waals surface area contributed by atoms with Crippen LogP contribution < -0.4 is 0 Å². The lowest BCUT2D eigenvalue weighted by atomic mass is 9.83.